The summed E-state index contributed by atoms with van der Waals surface area (Å²) in [6.07, 6.45) is 5.43. The molecule has 1 heterocycles. The molecule has 1 spiro atoms. The molecule has 9 heteroatoms. The van der Waals surface area contributed by atoms with E-state index in [0.29, 0.717) is 38.7 Å². The SMILES string of the molecule is CC(C)(C)C1CCC2(CC1)N=C(c1cc(Cl)cc(Cl)c1)C(=O)N2C(c1ccc(C(=O)NCCC(=O)O)cc1)C1CC1. The highest BCUT2D eigenvalue weighted by Gasteiger charge is 2.55. The van der Waals surface area contributed by atoms with Crippen LogP contribution in [0.1, 0.15) is 93.2 Å². The van der Waals surface area contributed by atoms with Crippen LogP contribution >= 0.6 is 23.2 Å². The van der Waals surface area contributed by atoms with E-state index in [1.54, 1.807) is 30.3 Å². The number of nitrogens with one attached hydrogen (secondary N) is 1. The maximum absolute atomic E-state index is 14.4. The van der Waals surface area contributed by atoms with E-state index in [-0.39, 0.29) is 36.2 Å². The van der Waals surface area contributed by atoms with Crippen LogP contribution in [0.15, 0.2) is 47.5 Å². The summed E-state index contributed by atoms with van der Waals surface area (Å²) in [4.78, 5) is 45.0. The Balaban J connectivity index is 1.48. The molecule has 0 saturated heterocycles. The molecule has 2 aromatic carbocycles. The van der Waals surface area contributed by atoms with E-state index < -0.39 is 11.6 Å². The van der Waals surface area contributed by atoms with Crippen LogP contribution in [0.2, 0.25) is 10.0 Å². The largest absolute Gasteiger partial charge is 0.481 e. The molecule has 1 unspecified atom stereocenters. The zero-order valence-corrected chi connectivity index (χ0v) is 25.3. The highest BCUT2D eigenvalue weighted by atomic mass is 35.5. The number of aliphatic carboxylic acids is 1. The van der Waals surface area contributed by atoms with Crippen molar-refractivity contribution in [3.8, 4) is 0 Å². The van der Waals surface area contributed by atoms with Gasteiger partial charge in [0, 0.05) is 27.7 Å². The first-order valence-electron chi connectivity index (χ1n) is 14.4. The summed E-state index contributed by atoms with van der Waals surface area (Å²) in [6, 6.07) is 12.3. The van der Waals surface area contributed by atoms with Gasteiger partial charge in [0.25, 0.3) is 11.8 Å². The Morgan fingerprint density at radius 1 is 1.05 bits per heavy atom. The number of carbonyl (C=O) groups excluding carboxylic acids is 2. The summed E-state index contributed by atoms with van der Waals surface area (Å²) in [7, 11) is 0. The molecule has 7 nitrogen and oxygen atoms in total. The molecule has 2 fully saturated rings. The minimum absolute atomic E-state index is 0.0641. The predicted octanol–water partition coefficient (Wildman–Crippen LogP) is 6.91. The van der Waals surface area contributed by atoms with Crippen LogP contribution < -0.4 is 5.32 Å². The molecule has 0 bridgehead atoms. The van der Waals surface area contributed by atoms with Gasteiger partial charge < -0.3 is 15.3 Å². The molecule has 5 rings (SSSR count). The van der Waals surface area contributed by atoms with Crippen molar-refractivity contribution in [2.75, 3.05) is 6.54 Å². The van der Waals surface area contributed by atoms with Crippen molar-refractivity contribution in [1.82, 2.24) is 10.2 Å². The van der Waals surface area contributed by atoms with Gasteiger partial charge in [-0.1, -0.05) is 56.1 Å². The second-order valence-electron chi connectivity index (χ2n) is 12.7. The maximum Gasteiger partial charge on any atom is 0.305 e. The first-order chi connectivity index (χ1) is 19.4. The number of amides is 2. The van der Waals surface area contributed by atoms with Crippen molar-refractivity contribution in [3.63, 3.8) is 0 Å². The number of carbonyl (C=O) groups is 3. The molecule has 41 heavy (non-hydrogen) atoms. The summed E-state index contributed by atoms with van der Waals surface area (Å²) >= 11 is 12.7. The zero-order valence-electron chi connectivity index (χ0n) is 23.8. The van der Waals surface area contributed by atoms with Gasteiger partial charge in [-0.2, -0.15) is 0 Å². The van der Waals surface area contributed by atoms with Gasteiger partial charge in [-0.05, 0) is 91.7 Å². The van der Waals surface area contributed by atoms with Crippen molar-refractivity contribution >= 4 is 46.7 Å². The summed E-state index contributed by atoms with van der Waals surface area (Å²) in [5.41, 5.74) is 1.99. The van der Waals surface area contributed by atoms with Gasteiger partial charge >= 0.3 is 5.97 Å². The summed E-state index contributed by atoms with van der Waals surface area (Å²) < 4.78 is 0. The number of hydrogen-bond donors (Lipinski definition) is 2. The lowest BCUT2D eigenvalue weighted by molar-refractivity contribution is -0.137. The second kappa shape index (κ2) is 11.4. The first-order valence-corrected chi connectivity index (χ1v) is 15.1. The molecule has 2 N–H and O–H groups in total. The van der Waals surface area contributed by atoms with Gasteiger partial charge in [-0.25, -0.2) is 0 Å². The van der Waals surface area contributed by atoms with E-state index in [2.05, 4.69) is 26.1 Å². The number of rotatable bonds is 8. The first kappa shape index (κ1) is 29.6. The normalized spacial score (nSPS) is 23.4. The third-order valence-corrected chi connectivity index (χ3v) is 9.26. The Kier molecular flexibility index (Phi) is 8.23. The van der Waals surface area contributed by atoms with Crippen LogP contribution in [0.4, 0.5) is 0 Å². The molecular weight excluding hydrogens is 561 g/mol. The summed E-state index contributed by atoms with van der Waals surface area (Å²) in [5.74, 6) is -0.536. The van der Waals surface area contributed by atoms with Gasteiger partial charge in [0.2, 0.25) is 0 Å². The number of carboxylic acid groups (broad SMARTS) is 1. The Morgan fingerprint density at radius 2 is 1.66 bits per heavy atom. The number of nitrogens with zero attached hydrogens (tertiary/aromatic N) is 2. The lowest BCUT2D eigenvalue weighted by Gasteiger charge is -2.47. The quantitative estimate of drug-likeness (QED) is 0.345. The molecule has 1 atom stereocenters. The minimum Gasteiger partial charge on any atom is -0.481 e. The van der Waals surface area contributed by atoms with Gasteiger partial charge in [0.1, 0.15) is 11.4 Å². The maximum atomic E-state index is 14.4. The zero-order chi connectivity index (χ0) is 29.5. The Morgan fingerprint density at radius 3 is 2.20 bits per heavy atom. The van der Waals surface area contributed by atoms with Crippen LogP contribution in [-0.4, -0.2) is 45.7 Å². The van der Waals surface area contributed by atoms with E-state index in [1.165, 1.54) is 0 Å². The molecule has 0 radical (unpaired) electrons. The molecule has 1 aliphatic heterocycles. The highest BCUT2D eigenvalue weighted by molar-refractivity contribution is 6.47. The molecule has 2 aromatic rings. The van der Waals surface area contributed by atoms with Crippen LogP contribution in [0.3, 0.4) is 0 Å². The average Bonchev–Trinajstić information content (AvgIpc) is 3.70. The third-order valence-electron chi connectivity index (χ3n) is 8.82. The Labute approximate surface area is 251 Å². The van der Waals surface area contributed by atoms with Crippen molar-refractivity contribution in [3.05, 3.63) is 69.2 Å². The fourth-order valence-electron chi connectivity index (χ4n) is 6.44. The lowest BCUT2D eigenvalue weighted by Crippen LogP contribution is -2.52. The topological polar surface area (TPSA) is 99.1 Å². The molecule has 2 amide bonds. The molecule has 3 aliphatic rings. The van der Waals surface area contributed by atoms with Crippen LogP contribution in [0.25, 0.3) is 0 Å². The summed E-state index contributed by atoms with van der Waals surface area (Å²) in [5, 5.41) is 12.4. The third kappa shape index (κ3) is 6.31. The van der Waals surface area contributed by atoms with Crippen LogP contribution in [0, 0.1) is 17.3 Å². The smallest absolute Gasteiger partial charge is 0.305 e. The molecule has 0 aromatic heterocycles. The van der Waals surface area contributed by atoms with Crippen LogP contribution in [-0.2, 0) is 9.59 Å². The lowest BCUT2D eigenvalue weighted by atomic mass is 9.69. The van der Waals surface area contributed by atoms with Gasteiger partial charge in [-0.3, -0.25) is 19.4 Å². The Hall–Kier alpha value is -2.90. The standard InChI is InChI=1S/C32H37Cl2N3O4/c1-31(2,3)23-10-13-32(14-11-23)36-27(22-16-24(33)18-25(34)17-22)30(41)37(32)28(19-4-5-19)20-6-8-21(9-7-20)29(40)35-15-12-26(38)39/h6-9,16-19,23,28H,4-5,10-15H2,1-3H3,(H,35,40)(H,38,39). The Bertz CT molecular complexity index is 1350. The number of benzene rings is 2. The predicted molar refractivity (Wildman–Crippen MR) is 160 cm³/mol. The van der Waals surface area contributed by atoms with Gasteiger partial charge in [0.05, 0.1) is 12.5 Å². The number of halogens is 2. The van der Waals surface area contributed by atoms with Gasteiger partial charge in [0.15, 0.2) is 0 Å². The monoisotopic (exact) mass is 597 g/mol. The molecule has 218 valence electrons. The fourth-order valence-corrected chi connectivity index (χ4v) is 6.96. The fraction of sp³-hybridized carbons (Fsp3) is 0.500. The molecule has 2 aliphatic carbocycles. The second-order valence-corrected chi connectivity index (χ2v) is 13.6. The van der Waals surface area contributed by atoms with Crippen LogP contribution in [0.5, 0.6) is 0 Å². The van der Waals surface area contributed by atoms with E-state index in [9.17, 15) is 14.4 Å². The minimum atomic E-state index is -0.963. The highest BCUT2D eigenvalue weighted by Crippen LogP contribution is 2.54. The number of hydrogen-bond acceptors (Lipinski definition) is 4. The molecular formula is C32H37Cl2N3O4. The van der Waals surface area contributed by atoms with E-state index in [1.807, 2.05) is 17.0 Å². The molecule has 2 saturated carbocycles. The summed E-state index contributed by atoms with van der Waals surface area (Å²) in [6.45, 7) is 6.90. The van der Waals surface area contributed by atoms with Gasteiger partial charge in [-0.15, -0.1) is 0 Å². The van der Waals surface area contributed by atoms with Crippen molar-refractivity contribution in [2.45, 2.75) is 77.4 Å². The van der Waals surface area contributed by atoms with Crippen molar-refractivity contribution in [1.29, 1.82) is 0 Å². The van der Waals surface area contributed by atoms with E-state index >= 15 is 0 Å². The van der Waals surface area contributed by atoms with E-state index in [4.69, 9.17) is 33.3 Å². The van der Waals surface area contributed by atoms with E-state index in [0.717, 1.165) is 44.1 Å². The van der Waals surface area contributed by atoms with Crippen molar-refractivity contribution in [2.24, 2.45) is 22.2 Å². The average molecular weight is 599 g/mol. The van der Waals surface area contributed by atoms with Crippen molar-refractivity contribution < 1.29 is 19.5 Å². The number of aliphatic imine (C=N–C) groups is 1. The number of carboxylic acids is 1.